The van der Waals surface area contributed by atoms with Crippen molar-refractivity contribution in [2.24, 2.45) is 0 Å². The maximum Gasteiger partial charge on any atom is 0.237 e. The minimum atomic E-state index is -3.65. The number of nitrogens with one attached hydrogen (secondary N) is 1. The van der Waals surface area contributed by atoms with Gasteiger partial charge in [-0.05, 0) is 48.0 Å². The van der Waals surface area contributed by atoms with Gasteiger partial charge in [0, 0.05) is 22.7 Å². The van der Waals surface area contributed by atoms with Crippen molar-refractivity contribution in [3.05, 3.63) is 126 Å². The molecular weight excluding hydrogens is 520 g/mol. The molecule has 0 bridgehead atoms. The van der Waals surface area contributed by atoms with E-state index in [1.165, 1.54) is 5.41 Å². The van der Waals surface area contributed by atoms with Crippen LogP contribution in [0.2, 0.25) is 0 Å². The number of hydrogen-bond donors (Lipinski definition) is 1. The van der Waals surface area contributed by atoms with Crippen LogP contribution in [0.5, 0.6) is 5.75 Å². The van der Waals surface area contributed by atoms with Crippen LogP contribution >= 0.6 is 0 Å². The number of sulfone groups is 1. The number of hydrogen-bond acceptors (Lipinski definition) is 6. The smallest absolute Gasteiger partial charge is 0.237 e. The molecule has 0 aliphatic carbocycles. The van der Waals surface area contributed by atoms with Crippen LogP contribution in [-0.4, -0.2) is 30.1 Å². The average molecular weight is 547 g/mol. The Kier molecular flexibility index (Phi) is 6.76. The van der Waals surface area contributed by atoms with E-state index in [1.54, 1.807) is 43.5 Å². The molecule has 4 aromatic carbocycles. The van der Waals surface area contributed by atoms with E-state index in [-0.39, 0.29) is 4.90 Å². The quantitative estimate of drug-likeness (QED) is 0.230. The maximum absolute atomic E-state index is 13.0. The molecule has 0 saturated heterocycles. The second-order valence-electron chi connectivity index (χ2n) is 9.19. The number of ether oxygens (including phenoxy) is 1. The summed E-state index contributed by atoms with van der Waals surface area (Å²) in [7, 11) is -2.04. The molecule has 0 amide bonds. The first kappa shape index (κ1) is 25.3. The summed E-state index contributed by atoms with van der Waals surface area (Å²) in [6.07, 6.45) is 1.59. The first-order chi connectivity index (χ1) is 19.5. The lowest BCUT2D eigenvalue weighted by atomic mass is 10.2. The second kappa shape index (κ2) is 10.7. The maximum atomic E-state index is 13.0. The fourth-order valence-corrected chi connectivity index (χ4v) is 5.68. The van der Waals surface area contributed by atoms with Gasteiger partial charge in [0.2, 0.25) is 5.95 Å². The number of anilines is 1. The van der Waals surface area contributed by atoms with Gasteiger partial charge in [0.15, 0.2) is 9.84 Å². The third-order valence-electron chi connectivity index (χ3n) is 6.63. The summed E-state index contributed by atoms with van der Waals surface area (Å²) in [5, 5.41) is 6.45. The zero-order valence-corrected chi connectivity index (χ0v) is 22.5. The van der Waals surface area contributed by atoms with Gasteiger partial charge in [-0.3, -0.25) is 4.57 Å². The zero-order valence-electron chi connectivity index (χ0n) is 21.7. The lowest BCUT2D eigenvalue weighted by Crippen LogP contribution is -2.09. The summed E-state index contributed by atoms with van der Waals surface area (Å²) in [6.45, 7) is 0.568. The number of benzene rings is 4. The van der Waals surface area contributed by atoms with Crippen LogP contribution in [-0.2, 0) is 16.4 Å². The molecular formula is C32H26N4O3S. The number of aromatic nitrogens is 3. The normalized spacial score (nSPS) is 11.8. The van der Waals surface area contributed by atoms with Crippen molar-refractivity contribution in [3.63, 3.8) is 0 Å². The van der Waals surface area contributed by atoms with E-state index in [0.717, 1.165) is 21.9 Å². The van der Waals surface area contributed by atoms with Gasteiger partial charge in [-0.25, -0.2) is 13.4 Å². The molecule has 8 heteroatoms. The van der Waals surface area contributed by atoms with Crippen molar-refractivity contribution in [2.75, 3.05) is 12.4 Å². The van der Waals surface area contributed by atoms with Crippen molar-refractivity contribution in [1.82, 2.24) is 14.5 Å². The van der Waals surface area contributed by atoms with Gasteiger partial charge in [0.25, 0.3) is 0 Å². The third-order valence-corrected chi connectivity index (χ3v) is 8.05. The highest BCUT2D eigenvalue weighted by Gasteiger charge is 2.17. The minimum absolute atomic E-state index is 0.230. The lowest BCUT2D eigenvalue weighted by molar-refractivity contribution is 0.419. The molecule has 198 valence electrons. The molecule has 0 radical (unpaired) electrons. The number of methoxy groups -OCH3 is 1. The van der Waals surface area contributed by atoms with Crippen molar-refractivity contribution < 1.29 is 13.2 Å². The molecule has 1 N–H and O–H groups in total. The van der Waals surface area contributed by atoms with Crippen LogP contribution in [0.4, 0.5) is 5.82 Å². The number of nitrogens with zero attached hydrogens (tertiary/aromatic N) is 3. The first-order valence-corrected chi connectivity index (χ1v) is 14.3. The minimum Gasteiger partial charge on any atom is -0.494 e. The largest absolute Gasteiger partial charge is 0.494 e. The standard InChI is InChI=1S/C32H26N4O3S/c1-39-29-18-10-16-27-30(29)34-32(35-31(27)33-22-23-11-4-2-5-12-23)36-25(21-24-13-8-9-17-28(24)36)19-20-40(37,38)26-14-6-3-7-15-26/h2-21H,22H2,1H3,(H,33,34,35)/b20-19+. The summed E-state index contributed by atoms with van der Waals surface area (Å²) in [5.74, 6) is 1.65. The van der Waals surface area contributed by atoms with Gasteiger partial charge < -0.3 is 10.1 Å². The molecule has 2 heterocycles. The van der Waals surface area contributed by atoms with Crippen molar-refractivity contribution >= 4 is 43.5 Å². The molecule has 2 aromatic heterocycles. The van der Waals surface area contributed by atoms with Crippen LogP contribution in [0.25, 0.3) is 33.8 Å². The van der Waals surface area contributed by atoms with E-state index in [0.29, 0.717) is 35.3 Å². The third kappa shape index (κ3) is 4.92. The Hall–Kier alpha value is -4.95. The van der Waals surface area contributed by atoms with Crippen LogP contribution in [0.15, 0.2) is 119 Å². The Morgan fingerprint density at radius 3 is 2.35 bits per heavy atom. The summed E-state index contributed by atoms with van der Waals surface area (Å²) in [4.78, 5) is 10.1. The molecule has 0 unspecified atom stereocenters. The van der Waals surface area contributed by atoms with Crippen molar-refractivity contribution in [2.45, 2.75) is 11.4 Å². The van der Waals surface area contributed by atoms with E-state index in [9.17, 15) is 8.42 Å². The topological polar surface area (TPSA) is 86.1 Å². The van der Waals surface area contributed by atoms with E-state index >= 15 is 0 Å². The molecule has 40 heavy (non-hydrogen) atoms. The Balaban J connectivity index is 1.52. The summed E-state index contributed by atoms with van der Waals surface area (Å²) < 4.78 is 33.6. The van der Waals surface area contributed by atoms with Gasteiger partial charge in [0.05, 0.1) is 23.2 Å². The van der Waals surface area contributed by atoms with Gasteiger partial charge in [-0.2, -0.15) is 4.98 Å². The summed E-state index contributed by atoms with van der Waals surface area (Å²) >= 11 is 0. The van der Waals surface area contributed by atoms with E-state index in [1.807, 2.05) is 83.4 Å². The van der Waals surface area contributed by atoms with E-state index in [4.69, 9.17) is 14.7 Å². The Morgan fingerprint density at radius 2 is 1.57 bits per heavy atom. The Bertz CT molecular complexity index is 1950. The molecule has 0 spiro atoms. The highest BCUT2D eigenvalue weighted by Crippen LogP contribution is 2.32. The molecule has 0 atom stereocenters. The number of para-hydroxylation sites is 2. The van der Waals surface area contributed by atoms with Crippen LogP contribution < -0.4 is 10.1 Å². The Morgan fingerprint density at radius 1 is 0.850 bits per heavy atom. The molecule has 6 rings (SSSR count). The molecule has 0 aliphatic rings. The predicted molar refractivity (Wildman–Crippen MR) is 159 cm³/mol. The second-order valence-corrected chi connectivity index (χ2v) is 11.0. The lowest BCUT2D eigenvalue weighted by Gasteiger charge is -2.15. The van der Waals surface area contributed by atoms with E-state index in [2.05, 4.69) is 5.32 Å². The fraction of sp³-hybridized carbons (Fsp3) is 0.0625. The SMILES string of the molecule is COc1cccc2c(NCc3ccccc3)nc(-n3c(/C=C/S(=O)(=O)c4ccccc4)cc4ccccc43)nc12. The van der Waals surface area contributed by atoms with Crippen LogP contribution in [0.3, 0.4) is 0 Å². The monoisotopic (exact) mass is 546 g/mol. The van der Waals surface area contributed by atoms with Crippen molar-refractivity contribution in [1.29, 1.82) is 0 Å². The highest BCUT2D eigenvalue weighted by atomic mass is 32.2. The average Bonchev–Trinajstić information content (AvgIpc) is 3.38. The molecule has 6 aromatic rings. The summed E-state index contributed by atoms with van der Waals surface area (Å²) in [5.41, 5.74) is 3.24. The predicted octanol–water partition coefficient (Wildman–Crippen LogP) is 6.64. The molecule has 7 nitrogen and oxygen atoms in total. The van der Waals surface area contributed by atoms with Gasteiger partial charge in [-0.15, -0.1) is 0 Å². The first-order valence-electron chi connectivity index (χ1n) is 12.7. The van der Waals surface area contributed by atoms with Gasteiger partial charge in [0.1, 0.15) is 17.1 Å². The number of fused-ring (bicyclic) bond motifs is 2. The van der Waals surface area contributed by atoms with Gasteiger partial charge >= 0.3 is 0 Å². The molecule has 0 fully saturated rings. The van der Waals surface area contributed by atoms with Gasteiger partial charge in [-0.1, -0.05) is 72.8 Å². The zero-order chi connectivity index (χ0) is 27.5. The van der Waals surface area contributed by atoms with Crippen molar-refractivity contribution in [3.8, 4) is 11.7 Å². The fourth-order valence-electron chi connectivity index (χ4n) is 4.67. The van der Waals surface area contributed by atoms with Crippen LogP contribution in [0, 0.1) is 0 Å². The summed E-state index contributed by atoms with van der Waals surface area (Å²) in [6, 6.07) is 33.9. The number of rotatable bonds is 8. The molecule has 0 saturated carbocycles. The van der Waals surface area contributed by atoms with Crippen LogP contribution in [0.1, 0.15) is 11.3 Å². The van der Waals surface area contributed by atoms with E-state index < -0.39 is 9.84 Å². The Labute approximate surface area is 232 Å². The highest BCUT2D eigenvalue weighted by molar-refractivity contribution is 7.94. The molecule has 0 aliphatic heterocycles.